The van der Waals surface area contributed by atoms with Crippen LogP contribution in [0.15, 0.2) is 30.3 Å². The molecule has 0 spiro atoms. The van der Waals surface area contributed by atoms with E-state index in [0.29, 0.717) is 22.0 Å². The molecule has 0 saturated heterocycles. The summed E-state index contributed by atoms with van der Waals surface area (Å²) in [6, 6.07) is 7.36. The maximum Gasteiger partial charge on any atom is 0.343 e. The molecule has 2 aromatic rings. The molecule has 7 nitrogen and oxygen atoms in total. The lowest BCUT2D eigenvalue weighted by Gasteiger charge is -2.14. The van der Waals surface area contributed by atoms with Crippen molar-refractivity contribution < 1.29 is 28.6 Å². The van der Waals surface area contributed by atoms with Crippen LogP contribution in [0, 0.1) is 0 Å². The lowest BCUT2D eigenvalue weighted by Crippen LogP contribution is -2.22. The summed E-state index contributed by atoms with van der Waals surface area (Å²) in [4.78, 5) is 35.6. The predicted octanol–water partition coefficient (Wildman–Crippen LogP) is 3.62. The molecule has 0 bridgehead atoms. The maximum atomic E-state index is 12.4. The van der Waals surface area contributed by atoms with Gasteiger partial charge in [0.15, 0.2) is 24.4 Å². The molecule has 1 amide bonds. The van der Waals surface area contributed by atoms with Crippen LogP contribution in [0.3, 0.4) is 0 Å². The minimum Gasteiger partial charge on any atom is -0.493 e. The number of methoxy groups -OCH3 is 2. The third kappa shape index (κ3) is 5.12. The first kappa shape index (κ1) is 20.5. The van der Waals surface area contributed by atoms with Gasteiger partial charge in [-0.2, -0.15) is 0 Å². The number of anilines is 1. The molecule has 27 heavy (non-hydrogen) atoms. The molecule has 0 saturated carbocycles. The van der Waals surface area contributed by atoms with Crippen LogP contribution in [0.4, 0.5) is 5.69 Å². The SMILES string of the molecule is COc1ccc(C=O)c(C(=O)OCC(=O)Nc2cc(Cl)cc(Cl)c2)c1OC. The van der Waals surface area contributed by atoms with Gasteiger partial charge < -0.3 is 19.5 Å². The van der Waals surface area contributed by atoms with Gasteiger partial charge in [0.2, 0.25) is 0 Å². The Hall–Kier alpha value is -2.77. The molecule has 0 aliphatic heterocycles. The zero-order valence-corrected chi connectivity index (χ0v) is 15.9. The van der Waals surface area contributed by atoms with Crippen molar-refractivity contribution in [3.8, 4) is 11.5 Å². The van der Waals surface area contributed by atoms with Crippen molar-refractivity contribution in [1.82, 2.24) is 0 Å². The van der Waals surface area contributed by atoms with Gasteiger partial charge in [-0.1, -0.05) is 23.2 Å². The van der Waals surface area contributed by atoms with Crippen molar-refractivity contribution >= 4 is 47.1 Å². The Balaban J connectivity index is 2.13. The van der Waals surface area contributed by atoms with E-state index in [-0.39, 0.29) is 22.6 Å². The standard InChI is InChI=1S/C18H15Cl2NO6/c1-25-14-4-3-10(8-22)16(17(14)26-2)18(24)27-9-15(23)21-13-6-11(19)5-12(20)7-13/h3-8H,9H2,1-2H3,(H,21,23). The maximum absolute atomic E-state index is 12.4. The first-order valence-electron chi connectivity index (χ1n) is 7.52. The number of hydrogen-bond acceptors (Lipinski definition) is 6. The third-order valence-electron chi connectivity index (χ3n) is 3.39. The highest BCUT2D eigenvalue weighted by Crippen LogP contribution is 2.33. The molecular formula is C18H15Cl2NO6. The number of nitrogens with one attached hydrogen (secondary N) is 1. The first-order valence-corrected chi connectivity index (χ1v) is 8.28. The number of aldehydes is 1. The van der Waals surface area contributed by atoms with Gasteiger partial charge in [-0.25, -0.2) is 4.79 Å². The molecule has 0 heterocycles. The number of carbonyl (C=O) groups is 3. The number of carbonyl (C=O) groups excluding carboxylic acids is 3. The molecule has 9 heteroatoms. The molecule has 0 aliphatic rings. The highest BCUT2D eigenvalue weighted by atomic mass is 35.5. The van der Waals surface area contributed by atoms with Crippen LogP contribution in [0.25, 0.3) is 0 Å². The van der Waals surface area contributed by atoms with E-state index in [0.717, 1.165) is 0 Å². The Kier molecular flexibility index (Phi) is 7.04. The number of amides is 1. The largest absolute Gasteiger partial charge is 0.493 e. The molecule has 0 fully saturated rings. The van der Waals surface area contributed by atoms with Crippen LogP contribution in [0.2, 0.25) is 10.0 Å². The van der Waals surface area contributed by atoms with Gasteiger partial charge in [0, 0.05) is 21.3 Å². The fraction of sp³-hybridized carbons (Fsp3) is 0.167. The van der Waals surface area contributed by atoms with Crippen LogP contribution in [0.1, 0.15) is 20.7 Å². The Morgan fingerprint density at radius 2 is 1.74 bits per heavy atom. The van der Waals surface area contributed by atoms with Crippen molar-refractivity contribution in [2.24, 2.45) is 0 Å². The van der Waals surface area contributed by atoms with E-state index >= 15 is 0 Å². The minimum atomic E-state index is -0.910. The molecule has 142 valence electrons. The second-order valence-electron chi connectivity index (χ2n) is 5.17. The Labute approximate surface area is 165 Å². The van der Waals surface area contributed by atoms with Gasteiger partial charge in [-0.05, 0) is 30.3 Å². The average molecular weight is 412 g/mol. The van der Waals surface area contributed by atoms with Crippen molar-refractivity contribution in [3.05, 3.63) is 51.5 Å². The van der Waals surface area contributed by atoms with Crippen LogP contribution in [-0.4, -0.2) is 39.0 Å². The van der Waals surface area contributed by atoms with E-state index in [1.165, 1.54) is 44.6 Å². The van der Waals surface area contributed by atoms with Gasteiger partial charge in [-0.3, -0.25) is 9.59 Å². The van der Waals surface area contributed by atoms with Crippen molar-refractivity contribution in [2.45, 2.75) is 0 Å². The Morgan fingerprint density at radius 3 is 2.30 bits per heavy atom. The van der Waals surface area contributed by atoms with Crippen LogP contribution in [-0.2, 0) is 9.53 Å². The predicted molar refractivity (Wildman–Crippen MR) is 100 cm³/mol. The van der Waals surface area contributed by atoms with Crippen LogP contribution < -0.4 is 14.8 Å². The van der Waals surface area contributed by atoms with Crippen molar-refractivity contribution in [1.29, 1.82) is 0 Å². The smallest absolute Gasteiger partial charge is 0.343 e. The van der Waals surface area contributed by atoms with E-state index in [4.69, 9.17) is 37.4 Å². The Bertz CT molecular complexity index is 864. The fourth-order valence-corrected chi connectivity index (χ4v) is 2.80. The molecule has 0 unspecified atom stereocenters. The van der Waals surface area contributed by atoms with Crippen LogP contribution >= 0.6 is 23.2 Å². The van der Waals surface area contributed by atoms with Gasteiger partial charge in [0.25, 0.3) is 5.91 Å². The van der Waals surface area contributed by atoms with Crippen molar-refractivity contribution in [2.75, 3.05) is 26.1 Å². The molecule has 1 N–H and O–H groups in total. The first-order chi connectivity index (χ1) is 12.9. The molecule has 0 aliphatic carbocycles. The summed E-state index contributed by atoms with van der Waals surface area (Å²) >= 11 is 11.7. The van der Waals surface area contributed by atoms with Gasteiger partial charge in [-0.15, -0.1) is 0 Å². The van der Waals surface area contributed by atoms with E-state index < -0.39 is 18.5 Å². The number of halogens is 2. The molecular weight excluding hydrogens is 397 g/mol. The quantitative estimate of drug-likeness (QED) is 0.552. The van der Waals surface area contributed by atoms with Crippen LogP contribution in [0.5, 0.6) is 11.5 Å². The molecule has 0 atom stereocenters. The van der Waals surface area contributed by atoms with Gasteiger partial charge in [0.1, 0.15) is 5.56 Å². The Morgan fingerprint density at radius 1 is 1.07 bits per heavy atom. The molecule has 2 rings (SSSR count). The zero-order chi connectivity index (χ0) is 20.0. The fourth-order valence-electron chi connectivity index (χ4n) is 2.28. The second-order valence-corrected chi connectivity index (χ2v) is 6.04. The van der Waals surface area contributed by atoms with E-state index in [9.17, 15) is 14.4 Å². The summed E-state index contributed by atoms with van der Waals surface area (Å²) in [7, 11) is 2.70. The summed E-state index contributed by atoms with van der Waals surface area (Å²) < 4.78 is 15.2. The lowest BCUT2D eigenvalue weighted by atomic mass is 10.1. The summed E-state index contributed by atoms with van der Waals surface area (Å²) in [6.07, 6.45) is 0.479. The second kappa shape index (κ2) is 9.25. The number of hydrogen-bond donors (Lipinski definition) is 1. The lowest BCUT2D eigenvalue weighted by molar-refractivity contribution is -0.119. The highest BCUT2D eigenvalue weighted by Gasteiger charge is 2.23. The van der Waals surface area contributed by atoms with Crippen molar-refractivity contribution in [3.63, 3.8) is 0 Å². The molecule has 0 aromatic heterocycles. The molecule has 0 radical (unpaired) electrons. The number of rotatable bonds is 7. The minimum absolute atomic E-state index is 0.0362. The summed E-state index contributed by atoms with van der Waals surface area (Å²) in [5.41, 5.74) is 0.256. The zero-order valence-electron chi connectivity index (χ0n) is 14.4. The summed E-state index contributed by atoms with van der Waals surface area (Å²) in [6.45, 7) is -0.596. The average Bonchev–Trinajstić information content (AvgIpc) is 2.63. The third-order valence-corrected chi connectivity index (χ3v) is 3.83. The van der Waals surface area contributed by atoms with E-state index in [1.807, 2.05) is 0 Å². The summed E-state index contributed by atoms with van der Waals surface area (Å²) in [5, 5.41) is 3.18. The topological polar surface area (TPSA) is 90.9 Å². The van der Waals surface area contributed by atoms with E-state index in [1.54, 1.807) is 0 Å². The van der Waals surface area contributed by atoms with Gasteiger partial charge >= 0.3 is 5.97 Å². The number of benzene rings is 2. The number of esters is 1. The van der Waals surface area contributed by atoms with E-state index in [2.05, 4.69) is 5.32 Å². The number of ether oxygens (including phenoxy) is 3. The van der Waals surface area contributed by atoms with Gasteiger partial charge in [0.05, 0.1) is 14.2 Å². The monoisotopic (exact) mass is 411 g/mol. The highest BCUT2D eigenvalue weighted by molar-refractivity contribution is 6.35. The normalized spacial score (nSPS) is 10.1. The molecule has 2 aromatic carbocycles. The summed E-state index contributed by atoms with van der Waals surface area (Å²) in [5.74, 6) is -1.24.